The monoisotopic (exact) mass is 962 g/mol. The predicted octanol–water partition coefficient (Wildman–Crippen LogP) is 18.5. The third-order valence-electron chi connectivity index (χ3n) is 13.7. The molecule has 8 heteroatoms. The van der Waals surface area contributed by atoms with Gasteiger partial charge in [-0.25, -0.2) is 17.6 Å². The van der Waals surface area contributed by atoms with E-state index in [9.17, 15) is 10.5 Å². The van der Waals surface area contributed by atoms with Crippen molar-refractivity contribution < 1.29 is 17.6 Å². The lowest BCUT2D eigenvalue weighted by atomic mass is 9.91. The van der Waals surface area contributed by atoms with Crippen LogP contribution in [0.1, 0.15) is 11.1 Å². The molecule has 0 aromatic heterocycles. The smallest absolute Gasteiger partial charge is 0.148 e. The lowest BCUT2D eigenvalue weighted by Crippen LogP contribution is -2.14. The molecule has 350 valence electrons. The summed E-state index contributed by atoms with van der Waals surface area (Å²) in [4.78, 5) is 3.32. The molecule has 12 rings (SSSR count). The quantitative estimate of drug-likeness (QED) is 0.101. The molecule has 12 aromatic carbocycles. The first-order chi connectivity index (χ1) is 36.2. The molecular weight excluding hydrogens is 925 g/mol. The predicted molar refractivity (Wildman–Crippen MR) is 291 cm³/mol. The van der Waals surface area contributed by atoms with Crippen LogP contribution in [-0.2, 0) is 0 Å². The normalized spacial score (nSPS) is 11.2. The van der Waals surface area contributed by atoms with E-state index in [0.29, 0.717) is 55.8 Å². The number of benzene rings is 12. The Bertz CT molecular complexity index is 3930. The van der Waals surface area contributed by atoms with Crippen molar-refractivity contribution in [1.29, 1.82) is 10.5 Å². The summed E-state index contributed by atoms with van der Waals surface area (Å²) in [6.07, 6.45) is 0. The summed E-state index contributed by atoms with van der Waals surface area (Å²) in [5.41, 5.74) is 7.55. The van der Waals surface area contributed by atoms with Gasteiger partial charge in [0.25, 0.3) is 0 Å². The topological polar surface area (TPSA) is 54.1 Å². The molecule has 0 heterocycles. The van der Waals surface area contributed by atoms with Gasteiger partial charge in [0.15, 0.2) is 0 Å². The van der Waals surface area contributed by atoms with Crippen LogP contribution >= 0.6 is 0 Å². The Morgan fingerprint density at radius 2 is 0.662 bits per heavy atom. The van der Waals surface area contributed by atoms with Crippen molar-refractivity contribution in [3.63, 3.8) is 0 Å². The molecule has 0 saturated carbocycles. The van der Waals surface area contributed by atoms with Gasteiger partial charge in [-0.3, -0.25) is 0 Å². The Kier molecular flexibility index (Phi) is 11.4. The van der Waals surface area contributed by atoms with Crippen molar-refractivity contribution in [3.8, 4) is 56.6 Å². The first-order valence-corrected chi connectivity index (χ1v) is 23.9. The molecule has 74 heavy (non-hydrogen) atoms. The van der Waals surface area contributed by atoms with Gasteiger partial charge in [-0.2, -0.15) is 10.5 Å². The SMILES string of the molecule is N#Cc1ccc(N(c2cc(F)c(-c3cccc(-c4ccccc4)c3)cc2F)c2ccc3ccc4c(N(c5ccc(C#N)cc5)c5cc(F)c(-c6cccc(-c7ccccc7)c6)cc5F)ccc5ccc2c3c54)cc1. The number of hydrogen-bond acceptors (Lipinski definition) is 4. The zero-order valence-corrected chi connectivity index (χ0v) is 39.2. The summed E-state index contributed by atoms with van der Waals surface area (Å²) < 4.78 is 67.8. The van der Waals surface area contributed by atoms with Gasteiger partial charge in [0.2, 0.25) is 0 Å². The second kappa shape index (κ2) is 18.6. The third kappa shape index (κ3) is 7.98. The molecule has 0 unspecified atom stereocenters. The largest absolute Gasteiger partial charge is 0.307 e. The molecule has 12 aromatic rings. The fraction of sp³-hybridized carbons (Fsp3) is 0. The Labute approximate surface area is 424 Å². The Morgan fingerprint density at radius 1 is 0.297 bits per heavy atom. The van der Waals surface area contributed by atoms with Gasteiger partial charge in [0.1, 0.15) is 23.3 Å². The van der Waals surface area contributed by atoms with Crippen LogP contribution in [0, 0.1) is 45.9 Å². The van der Waals surface area contributed by atoms with Crippen LogP contribution in [0.5, 0.6) is 0 Å². The van der Waals surface area contributed by atoms with Crippen LogP contribution < -0.4 is 9.80 Å². The number of nitriles is 2. The van der Waals surface area contributed by atoms with Crippen molar-refractivity contribution in [3.05, 3.63) is 265 Å². The van der Waals surface area contributed by atoms with Crippen molar-refractivity contribution in [2.45, 2.75) is 0 Å². The number of anilines is 6. The van der Waals surface area contributed by atoms with E-state index in [2.05, 4.69) is 12.1 Å². The molecular formula is C66H38F4N4. The Balaban J connectivity index is 1.02. The molecule has 0 radical (unpaired) electrons. The summed E-state index contributed by atoms with van der Waals surface area (Å²) in [5, 5.41) is 24.2. The van der Waals surface area contributed by atoms with Crippen molar-refractivity contribution >= 4 is 66.4 Å². The van der Waals surface area contributed by atoms with E-state index in [1.54, 1.807) is 70.5 Å². The van der Waals surface area contributed by atoms with Gasteiger partial charge < -0.3 is 9.80 Å². The molecule has 0 N–H and O–H groups in total. The average molecular weight is 963 g/mol. The zero-order chi connectivity index (χ0) is 50.5. The van der Waals surface area contributed by atoms with Crippen LogP contribution in [0.2, 0.25) is 0 Å². The Hall–Kier alpha value is -10.0. The number of rotatable bonds is 10. The maximum absolute atomic E-state index is 17.1. The molecule has 0 bridgehead atoms. The minimum absolute atomic E-state index is 0.0503. The maximum Gasteiger partial charge on any atom is 0.148 e. The van der Waals surface area contributed by atoms with E-state index in [-0.39, 0.29) is 22.5 Å². The molecule has 0 aliphatic heterocycles. The molecule has 0 fully saturated rings. The van der Waals surface area contributed by atoms with E-state index >= 15 is 17.6 Å². The van der Waals surface area contributed by atoms with E-state index in [1.807, 2.05) is 146 Å². The van der Waals surface area contributed by atoms with Gasteiger partial charge >= 0.3 is 0 Å². The van der Waals surface area contributed by atoms with Gasteiger partial charge in [-0.05, 0) is 140 Å². The van der Waals surface area contributed by atoms with Crippen LogP contribution in [0.3, 0.4) is 0 Å². The summed E-state index contributed by atoms with van der Waals surface area (Å²) in [6, 6.07) is 72.0. The van der Waals surface area contributed by atoms with Crippen molar-refractivity contribution in [1.82, 2.24) is 0 Å². The molecule has 0 saturated heterocycles. The van der Waals surface area contributed by atoms with E-state index < -0.39 is 23.3 Å². The summed E-state index contributed by atoms with van der Waals surface area (Å²) in [6.45, 7) is 0. The Morgan fingerprint density at radius 3 is 1.05 bits per heavy atom. The molecule has 0 atom stereocenters. The summed E-state index contributed by atoms with van der Waals surface area (Å²) >= 11 is 0. The fourth-order valence-corrected chi connectivity index (χ4v) is 10.2. The highest BCUT2D eigenvalue weighted by Crippen LogP contribution is 2.49. The van der Waals surface area contributed by atoms with Crippen LogP contribution in [0.4, 0.5) is 51.7 Å². The van der Waals surface area contributed by atoms with E-state index in [1.165, 1.54) is 24.3 Å². The van der Waals surface area contributed by atoms with E-state index in [4.69, 9.17) is 0 Å². The first-order valence-electron chi connectivity index (χ1n) is 23.9. The zero-order valence-electron chi connectivity index (χ0n) is 39.2. The number of halogens is 4. The van der Waals surface area contributed by atoms with Crippen LogP contribution in [0.25, 0.3) is 76.8 Å². The van der Waals surface area contributed by atoms with Crippen LogP contribution in [0.15, 0.2) is 231 Å². The van der Waals surface area contributed by atoms with Gasteiger partial charge in [-0.1, -0.05) is 133 Å². The van der Waals surface area contributed by atoms with E-state index in [0.717, 1.165) is 43.8 Å². The van der Waals surface area contributed by atoms with Gasteiger partial charge in [-0.15, -0.1) is 0 Å². The minimum atomic E-state index is -0.675. The van der Waals surface area contributed by atoms with Crippen molar-refractivity contribution in [2.24, 2.45) is 0 Å². The minimum Gasteiger partial charge on any atom is -0.307 e. The summed E-state index contributed by atoms with van der Waals surface area (Å²) in [7, 11) is 0. The third-order valence-corrected chi connectivity index (χ3v) is 13.7. The lowest BCUT2D eigenvalue weighted by molar-refractivity contribution is 0.604. The molecule has 0 amide bonds. The average Bonchev–Trinajstić information content (AvgIpc) is 3.46. The highest BCUT2D eigenvalue weighted by molar-refractivity contribution is 6.28. The molecule has 4 nitrogen and oxygen atoms in total. The first kappa shape index (κ1) is 45.1. The molecule has 0 aliphatic carbocycles. The highest BCUT2D eigenvalue weighted by atomic mass is 19.1. The number of nitrogens with zero attached hydrogens (tertiary/aromatic N) is 4. The fourth-order valence-electron chi connectivity index (χ4n) is 10.2. The van der Waals surface area contributed by atoms with Gasteiger partial charge in [0, 0.05) is 45.4 Å². The molecule has 0 spiro atoms. The molecule has 0 aliphatic rings. The maximum atomic E-state index is 17.1. The highest BCUT2D eigenvalue weighted by Gasteiger charge is 2.26. The summed E-state index contributed by atoms with van der Waals surface area (Å²) in [5.74, 6) is -2.61. The number of hydrogen-bond donors (Lipinski definition) is 0. The standard InChI is InChI=1S/C66H38F4N4/c67-57-37-63(59(69)35-55(57)49-15-7-13-47(33-49)43-9-3-1-4-10-43)73(51-25-17-41(39-71)18-26-51)61-31-23-45-22-30-54-62(32-24-46-21-29-53(61)65(45)66(46)54)74(52-27-19-42(40-72)20-28-52)64-38-58(68)56(36-60(64)70)50-16-8-14-48(34-50)44-11-5-2-6-12-44/h1-38H. The second-order valence-corrected chi connectivity index (χ2v) is 18.0. The van der Waals surface area contributed by atoms with Crippen LogP contribution in [-0.4, -0.2) is 0 Å². The van der Waals surface area contributed by atoms with Gasteiger partial charge in [0.05, 0.1) is 46.0 Å². The lowest BCUT2D eigenvalue weighted by Gasteiger charge is -2.30. The van der Waals surface area contributed by atoms with Crippen molar-refractivity contribution in [2.75, 3.05) is 9.80 Å². The second-order valence-electron chi connectivity index (χ2n) is 18.0.